The molecule has 0 aliphatic rings. The molecule has 35 heavy (non-hydrogen) atoms. The van der Waals surface area contributed by atoms with Crippen LogP contribution in [0, 0.1) is 0 Å². The minimum atomic E-state index is 0.437. The molecule has 0 unspecified atom stereocenters. The number of thioether (sulfide) groups is 1. The van der Waals surface area contributed by atoms with E-state index in [4.69, 9.17) is 14.0 Å². The van der Waals surface area contributed by atoms with Crippen molar-refractivity contribution in [1.82, 2.24) is 24.9 Å². The van der Waals surface area contributed by atoms with Gasteiger partial charge in [-0.2, -0.15) is 4.98 Å². The second-order valence-corrected chi connectivity index (χ2v) is 8.38. The average molecular weight is 486 g/mol. The van der Waals surface area contributed by atoms with Crippen molar-refractivity contribution in [3.05, 3.63) is 84.8 Å². The Balaban J connectivity index is 1.43. The van der Waals surface area contributed by atoms with Crippen LogP contribution in [0.2, 0.25) is 0 Å². The molecule has 0 radical (unpaired) electrons. The van der Waals surface area contributed by atoms with E-state index >= 15 is 0 Å². The Hall–Kier alpha value is -4.11. The molecule has 0 spiro atoms. The van der Waals surface area contributed by atoms with Gasteiger partial charge in [0, 0.05) is 11.3 Å². The fourth-order valence-corrected chi connectivity index (χ4v) is 4.37. The monoisotopic (exact) mass is 485 g/mol. The SMILES string of the molecule is CCOc1ccccc1-c1noc(CSc2nnc(-c3ccccc3)n2-c2ccc(OC)cc2)n1. The Morgan fingerprint density at radius 3 is 2.46 bits per heavy atom. The quantitative estimate of drug-likeness (QED) is 0.246. The highest BCUT2D eigenvalue weighted by Gasteiger charge is 2.18. The number of hydrogen-bond donors (Lipinski definition) is 0. The predicted molar refractivity (Wildman–Crippen MR) is 134 cm³/mol. The topological polar surface area (TPSA) is 88.1 Å². The van der Waals surface area contributed by atoms with E-state index in [1.54, 1.807) is 7.11 Å². The lowest BCUT2D eigenvalue weighted by molar-refractivity contribution is 0.341. The van der Waals surface area contributed by atoms with Crippen molar-refractivity contribution in [1.29, 1.82) is 0 Å². The van der Waals surface area contributed by atoms with Crippen molar-refractivity contribution in [2.24, 2.45) is 0 Å². The summed E-state index contributed by atoms with van der Waals surface area (Å²) in [7, 11) is 1.65. The molecule has 3 aromatic carbocycles. The predicted octanol–water partition coefficient (Wildman–Crippen LogP) is 5.68. The summed E-state index contributed by atoms with van der Waals surface area (Å²) >= 11 is 1.47. The fraction of sp³-hybridized carbons (Fsp3) is 0.154. The molecular formula is C26H23N5O3S. The van der Waals surface area contributed by atoms with Crippen LogP contribution in [-0.4, -0.2) is 38.6 Å². The zero-order valence-electron chi connectivity index (χ0n) is 19.3. The van der Waals surface area contributed by atoms with Gasteiger partial charge in [-0.1, -0.05) is 59.4 Å². The number of methoxy groups -OCH3 is 1. The maximum Gasteiger partial charge on any atom is 0.237 e. The van der Waals surface area contributed by atoms with Crippen LogP contribution in [0.25, 0.3) is 28.5 Å². The van der Waals surface area contributed by atoms with Crippen molar-refractivity contribution < 1.29 is 14.0 Å². The molecule has 2 aromatic heterocycles. The average Bonchev–Trinajstić information content (AvgIpc) is 3.56. The molecule has 0 atom stereocenters. The molecule has 9 heteroatoms. The van der Waals surface area contributed by atoms with E-state index in [0.29, 0.717) is 29.2 Å². The molecule has 8 nitrogen and oxygen atoms in total. The lowest BCUT2D eigenvalue weighted by Crippen LogP contribution is -2.00. The molecule has 0 N–H and O–H groups in total. The highest BCUT2D eigenvalue weighted by molar-refractivity contribution is 7.98. The summed E-state index contributed by atoms with van der Waals surface area (Å²) in [6.07, 6.45) is 0. The molecule has 0 bridgehead atoms. The van der Waals surface area contributed by atoms with Gasteiger partial charge in [-0.15, -0.1) is 10.2 Å². The summed E-state index contributed by atoms with van der Waals surface area (Å²) in [6, 6.07) is 25.4. The highest BCUT2D eigenvalue weighted by Crippen LogP contribution is 2.32. The van der Waals surface area contributed by atoms with Gasteiger partial charge in [0.25, 0.3) is 0 Å². The number of aromatic nitrogens is 5. The summed E-state index contributed by atoms with van der Waals surface area (Å²) < 4.78 is 18.6. The maximum atomic E-state index is 5.70. The summed E-state index contributed by atoms with van der Waals surface area (Å²) in [5, 5.41) is 13.8. The molecule has 0 saturated carbocycles. The number of rotatable bonds is 9. The van der Waals surface area contributed by atoms with Crippen LogP contribution in [0.15, 0.2) is 88.5 Å². The van der Waals surface area contributed by atoms with E-state index in [-0.39, 0.29) is 0 Å². The van der Waals surface area contributed by atoms with Crippen molar-refractivity contribution in [3.8, 4) is 40.0 Å². The summed E-state index contributed by atoms with van der Waals surface area (Å²) in [4.78, 5) is 4.58. The van der Waals surface area contributed by atoms with E-state index in [1.165, 1.54) is 11.8 Å². The first-order chi connectivity index (χ1) is 17.3. The van der Waals surface area contributed by atoms with Gasteiger partial charge in [-0.05, 0) is 43.3 Å². The number of benzene rings is 3. The summed E-state index contributed by atoms with van der Waals surface area (Å²) in [6.45, 7) is 2.50. The molecule has 2 heterocycles. The number of ether oxygens (including phenoxy) is 2. The Kier molecular flexibility index (Phi) is 6.76. The van der Waals surface area contributed by atoms with E-state index in [9.17, 15) is 0 Å². The zero-order valence-corrected chi connectivity index (χ0v) is 20.1. The van der Waals surface area contributed by atoms with Crippen LogP contribution in [0.1, 0.15) is 12.8 Å². The molecule has 0 amide bonds. The molecule has 0 saturated heterocycles. The van der Waals surface area contributed by atoms with Crippen LogP contribution in [0.4, 0.5) is 0 Å². The smallest absolute Gasteiger partial charge is 0.237 e. The standard InChI is InChI=1S/C26H23N5O3S/c1-3-33-22-12-8-7-11-21(22)24-27-23(34-30-24)17-35-26-29-28-25(18-9-5-4-6-10-18)31(26)19-13-15-20(32-2)16-14-19/h4-16H,3,17H2,1-2H3. The van der Waals surface area contributed by atoms with E-state index < -0.39 is 0 Å². The molecule has 5 rings (SSSR count). The first kappa shape index (κ1) is 22.7. The van der Waals surface area contributed by atoms with Gasteiger partial charge in [0.15, 0.2) is 11.0 Å². The van der Waals surface area contributed by atoms with Crippen LogP contribution in [-0.2, 0) is 5.75 Å². The molecule has 0 aliphatic heterocycles. The third-order valence-electron chi connectivity index (χ3n) is 5.22. The van der Waals surface area contributed by atoms with Crippen molar-refractivity contribution in [2.45, 2.75) is 17.8 Å². The van der Waals surface area contributed by atoms with Crippen LogP contribution in [0.3, 0.4) is 0 Å². The molecule has 176 valence electrons. The minimum Gasteiger partial charge on any atom is -0.497 e. The molecule has 0 aliphatic carbocycles. The summed E-state index contributed by atoms with van der Waals surface area (Å²) in [5.74, 6) is 3.67. The van der Waals surface area contributed by atoms with Gasteiger partial charge in [0.05, 0.1) is 25.0 Å². The van der Waals surface area contributed by atoms with Crippen molar-refractivity contribution >= 4 is 11.8 Å². The third kappa shape index (κ3) is 4.90. The Labute approximate surface area is 206 Å². The van der Waals surface area contributed by atoms with Gasteiger partial charge >= 0.3 is 0 Å². The van der Waals surface area contributed by atoms with E-state index in [0.717, 1.165) is 34.1 Å². The second kappa shape index (κ2) is 10.4. The van der Waals surface area contributed by atoms with Gasteiger partial charge < -0.3 is 14.0 Å². The van der Waals surface area contributed by atoms with Crippen molar-refractivity contribution in [3.63, 3.8) is 0 Å². The molecular weight excluding hydrogens is 462 g/mol. The first-order valence-corrected chi connectivity index (χ1v) is 12.1. The zero-order chi connectivity index (χ0) is 24.0. The van der Waals surface area contributed by atoms with Gasteiger partial charge in [-0.3, -0.25) is 4.57 Å². The van der Waals surface area contributed by atoms with Gasteiger partial charge in [0.2, 0.25) is 11.7 Å². The Morgan fingerprint density at radius 2 is 1.69 bits per heavy atom. The fourth-order valence-electron chi connectivity index (χ4n) is 3.58. The second-order valence-electron chi connectivity index (χ2n) is 7.44. The Morgan fingerprint density at radius 1 is 0.914 bits per heavy atom. The number of para-hydroxylation sites is 1. The third-order valence-corrected chi connectivity index (χ3v) is 6.13. The normalized spacial score (nSPS) is 10.9. The first-order valence-electron chi connectivity index (χ1n) is 11.1. The lowest BCUT2D eigenvalue weighted by Gasteiger charge is -2.10. The molecule has 5 aromatic rings. The lowest BCUT2D eigenvalue weighted by atomic mass is 10.2. The van der Waals surface area contributed by atoms with Crippen LogP contribution in [0.5, 0.6) is 11.5 Å². The van der Waals surface area contributed by atoms with E-state index in [2.05, 4.69) is 20.3 Å². The van der Waals surface area contributed by atoms with Crippen molar-refractivity contribution in [2.75, 3.05) is 13.7 Å². The number of nitrogens with zero attached hydrogens (tertiary/aromatic N) is 5. The maximum absolute atomic E-state index is 5.70. The van der Waals surface area contributed by atoms with E-state index in [1.807, 2.05) is 90.4 Å². The molecule has 0 fully saturated rings. The van der Waals surface area contributed by atoms with Crippen LogP contribution < -0.4 is 9.47 Å². The van der Waals surface area contributed by atoms with Gasteiger partial charge in [0.1, 0.15) is 11.5 Å². The number of hydrogen-bond acceptors (Lipinski definition) is 8. The summed E-state index contributed by atoms with van der Waals surface area (Å²) in [5.41, 5.74) is 2.69. The highest BCUT2D eigenvalue weighted by atomic mass is 32.2. The Bertz CT molecular complexity index is 1400. The largest absolute Gasteiger partial charge is 0.497 e. The van der Waals surface area contributed by atoms with Crippen LogP contribution >= 0.6 is 11.8 Å². The minimum absolute atomic E-state index is 0.437. The van der Waals surface area contributed by atoms with Gasteiger partial charge in [-0.25, -0.2) is 0 Å².